The minimum absolute atomic E-state index is 0.190. The molecule has 2 aromatic heterocycles. The Hall–Kier alpha value is -3.09. The molecule has 0 fully saturated rings. The Balaban J connectivity index is 1.55. The van der Waals surface area contributed by atoms with Gasteiger partial charge in [-0.1, -0.05) is 5.16 Å². The number of hydrogen-bond donors (Lipinski definition) is 1. The van der Waals surface area contributed by atoms with Gasteiger partial charge < -0.3 is 9.84 Å². The van der Waals surface area contributed by atoms with Crippen molar-refractivity contribution in [2.45, 2.75) is 12.8 Å². The zero-order chi connectivity index (χ0) is 16.1. The molecule has 0 radical (unpaired) electrons. The smallest absolute Gasteiger partial charge is 0.227 e. The van der Waals surface area contributed by atoms with Crippen molar-refractivity contribution in [1.82, 2.24) is 15.1 Å². The lowest BCUT2D eigenvalue weighted by Crippen LogP contribution is -2.12. The molecule has 0 saturated heterocycles. The van der Waals surface area contributed by atoms with E-state index in [2.05, 4.69) is 20.4 Å². The van der Waals surface area contributed by atoms with Gasteiger partial charge >= 0.3 is 0 Å². The fourth-order valence-electron chi connectivity index (χ4n) is 1.95. The molecule has 0 atom stereocenters. The van der Waals surface area contributed by atoms with Gasteiger partial charge in [0.1, 0.15) is 5.82 Å². The van der Waals surface area contributed by atoms with Crippen molar-refractivity contribution < 1.29 is 13.7 Å². The van der Waals surface area contributed by atoms with Crippen LogP contribution in [-0.2, 0) is 11.2 Å². The van der Waals surface area contributed by atoms with Gasteiger partial charge in [0.25, 0.3) is 0 Å². The first-order valence-corrected chi connectivity index (χ1v) is 6.99. The highest BCUT2D eigenvalue weighted by atomic mass is 19.1. The topological polar surface area (TPSA) is 80.9 Å². The third-order valence-electron chi connectivity index (χ3n) is 3.10. The second-order valence-corrected chi connectivity index (χ2v) is 4.80. The molecular formula is C16H13FN4O2. The Kier molecular flexibility index (Phi) is 4.37. The number of nitrogens with one attached hydrogen (secondary N) is 1. The van der Waals surface area contributed by atoms with E-state index in [4.69, 9.17) is 4.52 Å². The quantitative estimate of drug-likeness (QED) is 0.783. The standard InChI is InChI=1S/C16H13FN4O2/c17-12-1-3-13(4-2-12)19-14(22)5-6-15-20-16(21-23-15)11-7-9-18-10-8-11/h1-4,7-10H,5-6H2,(H,19,22). The normalized spacial score (nSPS) is 10.5. The van der Waals surface area contributed by atoms with Gasteiger partial charge in [0.2, 0.25) is 17.6 Å². The summed E-state index contributed by atoms with van der Waals surface area (Å²) in [4.78, 5) is 20.0. The first-order chi connectivity index (χ1) is 11.2. The van der Waals surface area contributed by atoms with Gasteiger partial charge in [0, 0.05) is 36.5 Å². The number of benzene rings is 1. The summed E-state index contributed by atoms with van der Waals surface area (Å²) in [6.07, 6.45) is 3.80. The maximum atomic E-state index is 12.8. The van der Waals surface area contributed by atoms with E-state index in [-0.39, 0.29) is 18.1 Å². The molecule has 0 spiro atoms. The summed E-state index contributed by atoms with van der Waals surface area (Å²) in [7, 11) is 0. The molecular weight excluding hydrogens is 299 g/mol. The van der Waals surface area contributed by atoms with Crippen molar-refractivity contribution in [2.75, 3.05) is 5.32 Å². The van der Waals surface area contributed by atoms with Crippen molar-refractivity contribution in [2.24, 2.45) is 0 Å². The predicted octanol–water partition coefficient (Wildman–Crippen LogP) is 2.84. The summed E-state index contributed by atoms with van der Waals surface area (Å²) in [6.45, 7) is 0. The van der Waals surface area contributed by atoms with Crippen LogP contribution in [0.15, 0.2) is 53.3 Å². The monoisotopic (exact) mass is 312 g/mol. The molecule has 1 aromatic carbocycles. The lowest BCUT2D eigenvalue weighted by molar-refractivity contribution is -0.116. The SMILES string of the molecule is O=C(CCc1nc(-c2ccncc2)no1)Nc1ccc(F)cc1. The Morgan fingerprint density at radius 3 is 2.61 bits per heavy atom. The molecule has 23 heavy (non-hydrogen) atoms. The van der Waals surface area contributed by atoms with Crippen molar-refractivity contribution in [1.29, 1.82) is 0 Å². The van der Waals surface area contributed by atoms with Crippen LogP contribution < -0.4 is 5.32 Å². The number of anilines is 1. The van der Waals surface area contributed by atoms with Gasteiger partial charge in [-0.15, -0.1) is 0 Å². The van der Waals surface area contributed by atoms with Gasteiger partial charge in [0.05, 0.1) is 0 Å². The molecule has 1 N–H and O–H groups in total. The van der Waals surface area contributed by atoms with Gasteiger partial charge in [-0.25, -0.2) is 4.39 Å². The summed E-state index contributed by atoms with van der Waals surface area (Å²) in [5.74, 6) is 0.283. The second-order valence-electron chi connectivity index (χ2n) is 4.80. The highest BCUT2D eigenvalue weighted by molar-refractivity contribution is 5.90. The molecule has 1 amide bonds. The molecule has 2 heterocycles. The Morgan fingerprint density at radius 1 is 1.13 bits per heavy atom. The number of carbonyl (C=O) groups is 1. The van der Waals surface area contributed by atoms with Crippen LogP contribution in [0.5, 0.6) is 0 Å². The van der Waals surface area contributed by atoms with E-state index in [0.717, 1.165) is 5.56 Å². The maximum Gasteiger partial charge on any atom is 0.227 e. The largest absolute Gasteiger partial charge is 0.339 e. The van der Waals surface area contributed by atoms with Crippen LogP contribution >= 0.6 is 0 Å². The van der Waals surface area contributed by atoms with E-state index >= 15 is 0 Å². The lowest BCUT2D eigenvalue weighted by atomic mass is 10.2. The van der Waals surface area contributed by atoms with E-state index in [1.807, 2.05) is 0 Å². The zero-order valence-electron chi connectivity index (χ0n) is 12.1. The number of nitrogens with zero attached hydrogens (tertiary/aromatic N) is 3. The second kappa shape index (κ2) is 6.78. The Bertz CT molecular complexity index is 787. The average molecular weight is 312 g/mol. The lowest BCUT2D eigenvalue weighted by Gasteiger charge is -2.03. The molecule has 0 aliphatic rings. The molecule has 0 aliphatic heterocycles. The van der Waals surface area contributed by atoms with E-state index in [1.165, 1.54) is 24.3 Å². The number of aromatic nitrogens is 3. The van der Waals surface area contributed by atoms with Gasteiger partial charge in [-0.05, 0) is 36.4 Å². The summed E-state index contributed by atoms with van der Waals surface area (Å²) >= 11 is 0. The van der Waals surface area contributed by atoms with Crippen LogP contribution in [0.1, 0.15) is 12.3 Å². The zero-order valence-corrected chi connectivity index (χ0v) is 12.1. The number of amides is 1. The minimum atomic E-state index is -0.350. The van der Waals surface area contributed by atoms with Crippen LogP contribution in [0.25, 0.3) is 11.4 Å². The number of aryl methyl sites for hydroxylation is 1. The Labute approximate surface area is 131 Å². The van der Waals surface area contributed by atoms with E-state index in [1.54, 1.807) is 24.5 Å². The van der Waals surface area contributed by atoms with Gasteiger partial charge in [0.15, 0.2) is 0 Å². The van der Waals surface area contributed by atoms with Crippen LogP contribution in [-0.4, -0.2) is 21.0 Å². The number of carbonyl (C=O) groups excluding carboxylic acids is 1. The van der Waals surface area contributed by atoms with E-state index < -0.39 is 0 Å². The van der Waals surface area contributed by atoms with Crippen LogP contribution in [0, 0.1) is 5.82 Å². The highest BCUT2D eigenvalue weighted by Gasteiger charge is 2.10. The van der Waals surface area contributed by atoms with Crippen molar-refractivity contribution >= 4 is 11.6 Å². The molecule has 3 aromatic rings. The summed E-state index contributed by atoms with van der Waals surface area (Å²) in [5.41, 5.74) is 1.34. The van der Waals surface area contributed by atoms with Crippen LogP contribution in [0.2, 0.25) is 0 Å². The van der Waals surface area contributed by atoms with Crippen LogP contribution in [0.3, 0.4) is 0 Å². The summed E-state index contributed by atoms with van der Waals surface area (Å²) in [5, 5.41) is 6.54. The van der Waals surface area contributed by atoms with Crippen molar-refractivity contribution in [3.8, 4) is 11.4 Å². The van der Waals surface area contributed by atoms with Gasteiger partial charge in [-0.2, -0.15) is 4.98 Å². The number of halogens is 1. The molecule has 116 valence electrons. The number of pyridine rings is 1. The molecule has 6 nitrogen and oxygen atoms in total. The Morgan fingerprint density at radius 2 is 1.87 bits per heavy atom. The first kappa shape index (κ1) is 14.8. The minimum Gasteiger partial charge on any atom is -0.339 e. The van der Waals surface area contributed by atoms with E-state index in [9.17, 15) is 9.18 Å². The third kappa shape index (κ3) is 3.97. The first-order valence-electron chi connectivity index (χ1n) is 6.99. The van der Waals surface area contributed by atoms with Crippen molar-refractivity contribution in [3.05, 3.63) is 60.5 Å². The number of rotatable bonds is 5. The molecule has 7 heteroatoms. The summed E-state index contributed by atoms with van der Waals surface area (Å²) < 4.78 is 17.9. The molecule has 3 rings (SSSR count). The molecule has 0 aliphatic carbocycles. The molecule has 0 saturated carbocycles. The highest BCUT2D eigenvalue weighted by Crippen LogP contribution is 2.15. The molecule has 0 bridgehead atoms. The van der Waals surface area contributed by atoms with Crippen LogP contribution in [0.4, 0.5) is 10.1 Å². The number of hydrogen-bond acceptors (Lipinski definition) is 5. The molecule has 0 unspecified atom stereocenters. The summed E-state index contributed by atoms with van der Waals surface area (Å²) in [6, 6.07) is 9.12. The third-order valence-corrected chi connectivity index (χ3v) is 3.10. The fourth-order valence-corrected chi connectivity index (χ4v) is 1.95. The van der Waals surface area contributed by atoms with Gasteiger partial charge in [-0.3, -0.25) is 9.78 Å². The average Bonchev–Trinajstić information content (AvgIpc) is 3.05. The fraction of sp³-hybridized carbons (Fsp3) is 0.125. The van der Waals surface area contributed by atoms with E-state index in [0.29, 0.717) is 23.8 Å². The van der Waals surface area contributed by atoms with Crippen molar-refractivity contribution in [3.63, 3.8) is 0 Å². The predicted molar refractivity (Wildman–Crippen MR) is 80.9 cm³/mol. The maximum absolute atomic E-state index is 12.8.